The van der Waals surface area contributed by atoms with Crippen LogP contribution in [-0.2, 0) is 32.3 Å². The molecule has 2 aromatic rings. The fourth-order valence-electron chi connectivity index (χ4n) is 4.85. The Kier molecular flexibility index (Phi) is 5.74. The van der Waals surface area contributed by atoms with Gasteiger partial charge >= 0.3 is 7.82 Å². The van der Waals surface area contributed by atoms with E-state index in [4.69, 9.17) is 45.1 Å². The molecule has 2 aliphatic heterocycles. The number of rotatable bonds is 8. The number of aromatic nitrogens is 4. The van der Waals surface area contributed by atoms with Crippen LogP contribution in [0.1, 0.15) is 33.7 Å². The first-order valence-corrected chi connectivity index (χ1v) is 12.6. The first-order chi connectivity index (χ1) is 15.6. The number of phosphoric ester groups is 1. The molecule has 4 heterocycles. The van der Waals surface area contributed by atoms with Gasteiger partial charge in [-0.2, -0.15) is 9.97 Å². The Morgan fingerprint density at radius 1 is 1.24 bits per heavy atom. The second-order valence-electron chi connectivity index (χ2n) is 8.66. The summed E-state index contributed by atoms with van der Waals surface area (Å²) in [6, 6.07) is -0.171. The number of hydrogen-bond donors (Lipinski definition) is 1. The second kappa shape index (κ2) is 8.10. The van der Waals surface area contributed by atoms with E-state index in [1.54, 1.807) is 20.2 Å². The highest BCUT2D eigenvalue weighted by Crippen LogP contribution is 2.69. The Labute approximate surface area is 195 Å². The molecule has 3 unspecified atom stereocenters. The molecule has 2 saturated heterocycles. The van der Waals surface area contributed by atoms with Crippen LogP contribution in [0, 0.1) is 5.41 Å². The molecule has 14 heteroatoms. The molecule has 3 aliphatic rings. The van der Waals surface area contributed by atoms with Crippen molar-refractivity contribution in [1.29, 1.82) is 0 Å². The lowest BCUT2D eigenvalue weighted by molar-refractivity contribution is -0.305. The van der Waals surface area contributed by atoms with Gasteiger partial charge in [-0.15, -0.1) is 0 Å². The highest BCUT2D eigenvalue weighted by Gasteiger charge is 2.80. The van der Waals surface area contributed by atoms with Gasteiger partial charge in [-0.25, -0.2) is 9.55 Å². The van der Waals surface area contributed by atoms with Gasteiger partial charge in [0.2, 0.25) is 5.28 Å². The van der Waals surface area contributed by atoms with Crippen molar-refractivity contribution in [2.24, 2.45) is 5.41 Å². The van der Waals surface area contributed by atoms with Gasteiger partial charge in [0.15, 0.2) is 17.3 Å². The van der Waals surface area contributed by atoms with Gasteiger partial charge in [0.05, 0.1) is 50.3 Å². The van der Waals surface area contributed by atoms with Crippen LogP contribution in [0.15, 0.2) is 6.33 Å². The molecule has 0 bridgehead atoms. The van der Waals surface area contributed by atoms with Crippen molar-refractivity contribution in [2.45, 2.75) is 57.8 Å². The standard InChI is InChI=1S/C19H27ClN5O7P/c1-5-28-33(26,29-6-2)30-7-10-13-19(8-27-18(3,4)32-13)12(14(19)31-10)25-9-22-11-15(21)23-17(20)24-16(11)25/h9-10,12-14H,5-8H2,1-4H3,(H2,21,23,24)/t10-,12?,13?,14+,19?/m1/s1. The number of fused-ring (bicyclic) bond motifs is 1. The van der Waals surface area contributed by atoms with E-state index in [9.17, 15) is 4.57 Å². The minimum atomic E-state index is -3.69. The van der Waals surface area contributed by atoms with Gasteiger partial charge < -0.3 is 24.5 Å². The summed E-state index contributed by atoms with van der Waals surface area (Å²) in [4.78, 5) is 12.6. The quantitative estimate of drug-likeness (QED) is 0.419. The number of hydrogen-bond acceptors (Lipinski definition) is 11. The van der Waals surface area contributed by atoms with Crippen LogP contribution in [0.3, 0.4) is 0 Å². The van der Waals surface area contributed by atoms with E-state index >= 15 is 0 Å². The molecule has 1 spiro atoms. The molecule has 182 valence electrons. The molecule has 5 atom stereocenters. The van der Waals surface area contributed by atoms with Crippen molar-refractivity contribution in [3.05, 3.63) is 11.6 Å². The van der Waals surface area contributed by atoms with Gasteiger partial charge in [-0.1, -0.05) is 0 Å². The Hall–Kier alpha value is -1.37. The third kappa shape index (κ3) is 3.77. The van der Waals surface area contributed by atoms with Gasteiger partial charge in [-0.3, -0.25) is 13.6 Å². The van der Waals surface area contributed by atoms with Crippen molar-refractivity contribution in [1.82, 2.24) is 19.5 Å². The Balaban J connectivity index is 1.42. The summed E-state index contributed by atoms with van der Waals surface area (Å²) in [6.45, 7) is 7.88. The summed E-state index contributed by atoms with van der Waals surface area (Å²) in [7, 11) is -3.69. The number of nitrogen functional groups attached to an aromatic ring is 1. The monoisotopic (exact) mass is 503 g/mol. The van der Waals surface area contributed by atoms with Crippen molar-refractivity contribution in [2.75, 3.05) is 32.2 Å². The zero-order valence-corrected chi connectivity index (χ0v) is 20.4. The Bertz CT molecular complexity index is 1110. The molecule has 12 nitrogen and oxygen atoms in total. The van der Waals surface area contributed by atoms with Crippen LogP contribution in [0.2, 0.25) is 5.28 Å². The number of nitrogens with two attached hydrogens (primary N) is 1. The second-order valence-corrected chi connectivity index (χ2v) is 10.7. The van der Waals surface area contributed by atoms with Crippen LogP contribution in [0.25, 0.3) is 11.2 Å². The zero-order chi connectivity index (χ0) is 23.6. The van der Waals surface area contributed by atoms with E-state index < -0.39 is 31.2 Å². The molecule has 0 aromatic carbocycles. The molecule has 1 saturated carbocycles. The van der Waals surface area contributed by atoms with E-state index in [0.29, 0.717) is 17.8 Å². The maximum absolute atomic E-state index is 12.8. The molecule has 1 aliphatic carbocycles. The molecule has 0 amide bonds. The molecule has 33 heavy (non-hydrogen) atoms. The number of imidazole rings is 1. The number of halogens is 1. The predicted octanol–water partition coefficient (Wildman–Crippen LogP) is 2.72. The summed E-state index contributed by atoms with van der Waals surface area (Å²) in [6.07, 6.45) is 0.480. The summed E-state index contributed by atoms with van der Waals surface area (Å²) in [5, 5.41) is 0.0358. The summed E-state index contributed by atoms with van der Waals surface area (Å²) in [5.74, 6) is -0.619. The maximum atomic E-state index is 12.8. The van der Waals surface area contributed by atoms with Crippen molar-refractivity contribution < 1.29 is 32.3 Å². The van der Waals surface area contributed by atoms with E-state index in [-0.39, 0.29) is 43.1 Å². The van der Waals surface area contributed by atoms with Gasteiger partial charge in [-0.05, 0) is 39.3 Å². The average Bonchev–Trinajstić information content (AvgIpc) is 3.01. The van der Waals surface area contributed by atoms with Crippen LogP contribution >= 0.6 is 19.4 Å². The maximum Gasteiger partial charge on any atom is 0.474 e. The van der Waals surface area contributed by atoms with Crippen LogP contribution in [0.5, 0.6) is 0 Å². The molecule has 2 N–H and O–H groups in total. The summed E-state index contributed by atoms with van der Waals surface area (Å²) in [5.41, 5.74) is 6.43. The SMILES string of the molecule is CCOP(=O)(OCC)OC[C@H]1O[C@H]2C(n3cnc4c(N)nc(Cl)nc43)C23COC(C)(C)OC13. The summed E-state index contributed by atoms with van der Waals surface area (Å²) >= 11 is 6.04. The van der Waals surface area contributed by atoms with Crippen molar-refractivity contribution in [3.63, 3.8) is 0 Å². The molecule has 0 radical (unpaired) electrons. The topological polar surface area (TPSA) is 142 Å². The molecule has 2 aromatic heterocycles. The Morgan fingerprint density at radius 3 is 2.67 bits per heavy atom. The highest BCUT2D eigenvalue weighted by atomic mass is 35.5. The predicted molar refractivity (Wildman–Crippen MR) is 117 cm³/mol. The van der Waals surface area contributed by atoms with E-state index in [2.05, 4.69) is 15.0 Å². The number of nitrogens with zero attached hydrogens (tertiary/aromatic N) is 4. The van der Waals surface area contributed by atoms with Gasteiger partial charge in [0.1, 0.15) is 17.7 Å². The van der Waals surface area contributed by atoms with E-state index in [1.165, 1.54) is 0 Å². The van der Waals surface area contributed by atoms with Gasteiger partial charge in [0.25, 0.3) is 0 Å². The average molecular weight is 504 g/mol. The zero-order valence-electron chi connectivity index (χ0n) is 18.8. The fraction of sp³-hybridized carbons (Fsp3) is 0.737. The normalized spacial score (nSPS) is 32.6. The van der Waals surface area contributed by atoms with Crippen molar-refractivity contribution in [3.8, 4) is 0 Å². The number of ether oxygens (including phenoxy) is 3. The molecule has 5 rings (SSSR count). The number of phosphoric acid groups is 1. The minimum absolute atomic E-state index is 0.0192. The van der Waals surface area contributed by atoms with Crippen LogP contribution in [-0.4, -0.2) is 70.0 Å². The largest absolute Gasteiger partial charge is 0.474 e. The van der Waals surface area contributed by atoms with E-state index in [0.717, 1.165) is 0 Å². The lowest BCUT2D eigenvalue weighted by atomic mass is 9.94. The van der Waals surface area contributed by atoms with Crippen LogP contribution in [0.4, 0.5) is 5.82 Å². The first-order valence-electron chi connectivity index (χ1n) is 10.8. The first kappa shape index (κ1) is 23.4. The smallest absolute Gasteiger partial charge is 0.382 e. The molecular weight excluding hydrogens is 477 g/mol. The highest BCUT2D eigenvalue weighted by molar-refractivity contribution is 7.48. The summed E-state index contributed by atoms with van der Waals surface area (Å²) < 4.78 is 49.4. The fourth-order valence-corrected chi connectivity index (χ4v) is 6.21. The third-order valence-corrected chi connectivity index (χ3v) is 8.00. The molecule has 3 fully saturated rings. The lowest BCUT2D eigenvalue weighted by Gasteiger charge is -2.42. The molecular formula is C19H27ClN5O7P. The lowest BCUT2D eigenvalue weighted by Crippen LogP contribution is -2.52. The minimum Gasteiger partial charge on any atom is -0.382 e. The van der Waals surface area contributed by atoms with Gasteiger partial charge in [0, 0.05) is 0 Å². The number of anilines is 1. The van der Waals surface area contributed by atoms with Crippen molar-refractivity contribution >= 4 is 36.4 Å². The third-order valence-electron chi connectivity index (χ3n) is 6.22. The van der Waals surface area contributed by atoms with Crippen LogP contribution < -0.4 is 5.73 Å². The Morgan fingerprint density at radius 2 is 1.97 bits per heavy atom. The van der Waals surface area contributed by atoms with E-state index in [1.807, 2.05) is 18.4 Å².